The number of amides is 1. The largest absolute Gasteiger partial charge is 0.325 e. The van der Waals surface area contributed by atoms with Gasteiger partial charge in [-0.15, -0.1) is 10.2 Å². The highest BCUT2D eigenvalue weighted by Gasteiger charge is 2.17. The van der Waals surface area contributed by atoms with Gasteiger partial charge in [-0.05, 0) is 48.5 Å². The molecule has 4 aromatic rings. The van der Waals surface area contributed by atoms with E-state index in [0.717, 1.165) is 27.9 Å². The van der Waals surface area contributed by atoms with Gasteiger partial charge in [0, 0.05) is 39.9 Å². The molecular weight excluding hydrogens is 488 g/mol. The highest BCUT2D eigenvalue weighted by Crippen LogP contribution is 2.28. The molecule has 0 spiro atoms. The number of nitrogens with zero attached hydrogens (tertiary/aromatic N) is 4. The van der Waals surface area contributed by atoms with Gasteiger partial charge in [0.2, 0.25) is 5.91 Å². The van der Waals surface area contributed by atoms with E-state index >= 15 is 0 Å². The van der Waals surface area contributed by atoms with Gasteiger partial charge in [-0.1, -0.05) is 27.7 Å². The topological polar surface area (TPSA) is 72.7 Å². The molecule has 2 aromatic carbocycles. The van der Waals surface area contributed by atoms with Crippen LogP contribution in [0.4, 0.5) is 14.5 Å². The summed E-state index contributed by atoms with van der Waals surface area (Å²) in [7, 11) is 0. The van der Waals surface area contributed by atoms with Crippen molar-refractivity contribution >= 4 is 39.3 Å². The molecule has 1 N–H and O–H groups in total. The normalized spacial score (nSPS) is 10.8. The van der Waals surface area contributed by atoms with Crippen molar-refractivity contribution in [3.8, 4) is 17.1 Å². The van der Waals surface area contributed by atoms with Crippen LogP contribution >= 0.6 is 27.7 Å². The van der Waals surface area contributed by atoms with Gasteiger partial charge in [0.25, 0.3) is 0 Å². The predicted octanol–water partition coefficient (Wildman–Crippen LogP) is 5.10. The van der Waals surface area contributed by atoms with Crippen molar-refractivity contribution in [3.63, 3.8) is 0 Å². The molecule has 0 radical (unpaired) electrons. The first-order valence-corrected chi connectivity index (χ1v) is 10.8. The van der Waals surface area contributed by atoms with Gasteiger partial charge in [0.1, 0.15) is 0 Å². The maximum atomic E-state index is 13.4. The van der Waals surface area contributed by atoms with E-state index in [0.29, 0.717) is 11.0 Å². The maximum Gasteiger partial charge on any atom is 0.234 e. The van der Waals surface area contributed by atoms with Gasteiger partial charge in [0.05, 0.1) is 5.75 Å². The quantitative estimate of drug-likeness (QED) is 0.372. The van der Waals surface area contributed by atoms with Crippen LogP contribution in [0.3, 0.4) is 0 Å². The fourth-order valence-corrected chi connectivity index (χ4v) is 3.79. The van der Waals surface area contributed by atoms with Crippen LogP contribution < -0.4 is 5.32 Å². The Labute approximate surface area is 188 Å². The molecule has 0 bridgehead atoms. The number of carbonyl (C=O) groups excluding carboxylic acids is 1. The summed E-state index contributed by atoms with van der Waals surface area (Å²) in [6.45, 7) is 0. The lowest BCUT2D eigenvalue weighted by Gasteiger charge is -2.10. The highest BCUT2D eigenvalue weighted by molar-refractivity contribution is 9.10. The van der Waals surface area contributed by atoms with Gasteiger partial charge in [-0.25, -0.2) is 8.78 Å². The molecule has 0 saturated heterocycles. The molecule has 2 aromatic heterocycles. The number of rotatable bonds is 6. The standard InChI is InChI=1S/C21H14BrF2N5OS/c22-14-3-6-16(7-4-14)29-20(13-2-1-9-25-11-13)27-28-21(29)31-12-19(30)26-15-5-8-17(23)18(24)10-15/h1-11H,12H2,(H,26,30). The first-order chi connectivity index (χ1) is 15.0. The fourth-order valence-electron chi connectivity index (χ4n) is 2.77. The molecule has 10 heteroatoms. The molecule has 0 aliphatic rings. The Kier molecular flexibility index (Phi) is 6.38. The van der Waals surface area contributed by atoms with Crippen LogP contribution in [0.15, 0.2) is 76.6 Å². The second-order valence-electron chi connectivity index (χ2n) is 6.33. The van der Waals surface area contributed by atoms with Crippen LogP contribution in [-0.2, 0) is 4.79 Å². The number of aromatic nitrogens is 4. The van der Waals surface area contributed by atoms with Crippen LogP contribution in [0.2, 0.25) is 0 Å². The maximum absolute atomic E-state index is 13.4. The first-order valence-electron chi connectivity index (χ1n) is 9.01. The van der Waals surface area contributed by atoms with E-state index in [1.54, 1.807) is 18.5 Å². The molecule has 31 heavy (non-hydrogen) atoms. The molecule has 0 aliphatic heterocycles. The van der Waals surface area contributed by atoms with Gasteiger partial charge in [-0.3, -0.25) is 14.3 Å². The predicted molar refractivity (Wildman–Crippen MR) is 118 cm³/mol. The Bertz CT molecular complexity index is 1220. The second-order valence-corrected chi connectivity index (χ2v) is 8.18. The lowest BCUT2D eigenvalue weighted by Crippen LogP contribution is -2.15. The third-order valence-corrected chi connectivity index (χ3v) is 5.63. The third-order valence-electron chi connectivity index (χ3n) is 4.17. The third kappa shape index (κ3) is 4.97. The van der Waals surface area contributed by atoms with E-state index in [4.69, 9.17) is 0 Å². The van der Waals surface area contributed by atoms with E-state index < -0.39 is 11.6 Å². The van der Waals surface area contributed by atoms with Crippen LogP contribution in [0, 0.1) is 11.6 Å². The van der Waals surface area contributed by atoms with Gasteiger partial charge in [-0.2, -0.15) is 0 Å². The zero-order chi connectivity index (χ0) is 21.8. The smallest absolute Gasteiger partial charge is 0.234 e. The second kappa shape index (κ2) is 9.36. The van der Waals surface area contributed by atoms with Crippen molar-refractivity contribution in [2.75, 3.05) is 11.1 Å². The summed E-state index contributed by atoms with van der Waals surface area (Å²) in [5.41, 5.74) is 1.77. The molecule has 0 unspecified atom stereocenters. The number of benzene rings is 2. The minimum absolute atomic E-state index is 0.000691. The summed E-state index contributed by atoms with van der Waals surface area (Å²) in [5, 5.41) is 11.6. The fraction of sp³-hybridized carbons (Fsp3) is 0.0476. The van der Waals surface area contributed by atoms with Crippen molar-refractivity contribution in [2.45, 2.75) is 5.16 Å². The number of pyridine rings is 1. The average molecular weight is 502 g/mol. The highest BCUT2D eigenvalue weighted by atomic mass is 79.9. The molecule has 0 atom stereocenters. The monoisotopic (exact) mass is 501 g/mol. The van der Waals surface area contributed by atoms with E-state index in [2.05, 4.69) is 36.4 Å². The zero-order valence-corrected chi connectivity index (χ0v) is 18.2. The zero-order valence-electron chi connectivity index (χ0n) is 15.8. The summed E-state index contributed by atoms with van der Waals surface area (Å²) in [6, 6.07) is 14.5. The SMILES string of the molecule is O=C(CSc1nnc(-c2cccnc2)n1-c1ccc(Br)cc1)Nc1ccc(F)c(F)c1. The molecule has 0 saturated carbocycles. The summed E-state index contributed by atoms with van der Waals surface area (Å²) >= 11 is 4.60. The lowest BCUT2D eigenvalue weighted by molar-refractivity contribution is -0.113. The van der Waals surface area contributed by atoms with Gasteiger partial charge >= 0.3 is 0 Å². The van der Waals surface area contributed by atoms with Crippen LogP contribution in [-0.4, -0.2) is 31.4 Å². The number of thioether (sulfide) groups is 1. The number of carbonyl (C=O) groups is 1. The van der Waals surface area contributed by atoms with E-state index in [-0.39, 0.29) is 17.3 Å². The van der Waals surface area contributed by atoms with Crippen molar-refractivity contribution < 1.29 is 13.6 Å². The number of hydrogen-bond acceptors (Lipinski definition) is 5. The van der Waals surface area contributed by atoms with Crippen molar-refractivity contribution in [3.05, 3.63) is 83.1 Å². The van der Waals surface area contributed by atoms with Crippen molar-refractivity contribution in [1.29, 1.82) is 0 Å². The number of halogens is 3. The minimum atomic E-state index is -1.03. The molecule has 156 valence electrons. The van der Waals surface area contributed by atoms with Crippen LogP contribution in [0.25, 0.3) is 17.1 Å². The number of hydrogen-bond donors (Lipinski definition) is 1. The number of anilines is 1. The molecule has 0 aliphatic carbocycles. The van der Waals surface area contributed by atoms with E-state index in [1.165, 1.54) is 17.8 Å². The molecule has 1 amide bonds. The Morgan fingerprint density at radius 2 is 1.87 bits per heavy atom. The van der Waals surface area contributed by atoms with Gasteiger partial charge < -0.3 is 5.32 Å². The van der Waals surface area contributed by atoms with Crippen LogP contribution in [0.1, 0.15) is 0 Å². The Balaban J connectivity index is 1.57. The lowest BCUT2D eigenvalue weighted by atomic mass is 10.2. The van der Waals surface area contributed by atoms with Crippen molar-refractivity contribution in [1.82, 2.24) is 19.7 Å². The Morgan fingerprint density at radius 1 is 1.06 bits per heavy atom. The average Bonchev–Trinajstić information content (AvgIpc) is 3.20. The molecule has 2 heterocycles. The van der Waals surface area contributed by atoms with E-state index in [1.807, 2.05) is 34.9 Å². The summed E-state index contributed by atoms with van der Waals surface area (Å²) in [5.74, 6) is -1.80. The first kappa shape index (κ1) is 21.1. The van der Waals surface area contributed by atoms with Gasteiger partial charge in [0.15, 0.2) is 22.6 Å². The van der Waals surface area contributed by atoms with Crippen molar-refractivity contribution in [2.24, 2.45) is 0 Å². The summed E-state index contributed by atoms with van der Waals surface area (Å²) in [6.07, 6.45) is 3.35. The Morgan fingerprint density at radius 3 is 2.58 bits per heavy atom. The molecule has 4 rings (SSSR count). The summed E-state index contributed by atoms with van der Waals surface area (Å²) < 4.78 is 29.2. The molecular formula is C21H14BrF2N5OS. The van der Waals surface area contributed by atoms with Crippen LogP contribution in [0.5, 0.6) is 0 Å². The number of nitrogens with one attached hydrogen (secondary N) is 1. The molecule has 6 nitrogen and oxygen atoms in total. The summed E-state index contributed by atoms with van der Waals surface area (Å²) in [4.78, 5) is 16.5. The minimum Gasteiger partial charge on any atom is -0.325 e. The molecule has 0 fully saturated rings. The van der Waals surface area contributed by atoms with E-state index in [9.17, 15) is 13.6 Å². The Hall–Kier alpha value is -3.11.